The van der Waals surface area contributed by atoms with Crippen LogP contribution in [0, 0.1) is 6.92 Å². The summed E-state index contributed by atoms with van der Waals surface area (Å²) in [6, 6.07) is 5.45. The summed E-state index contributed by atoms with van der Waals surface area (Å²) in [6.07, 6.45) is 7.13. The Balaban J connectivity index is 2.24. The predicted octanol–water partition coefficient (Wildman–Crippen LogP) is 3.11. The number of carboxylic acid groups (broad SMARTS) is 1. The highest BCUT2D eigenvalue weighted by atomic mass is 16.4. The Bertz CT molecular complexity index is 555. The van der Waals surface area contributed by atoms with Gasteiger partial charge in [0, 0.05) is 24.7 Å². The summed E-state index contributed by atoms with van der Waals surface area (Å²) < 4.78 is 0. The lowest BCUT2D eigenvalue weighted by molar-refractivity contribution is -0.131. The highest BCUT2D eigenvalue weighted by Crippen LogP contribution is 2.19. The number of benzene rings is 1. The van der Waals surface area contributed by atoms with Crippen molar-refractivity contribution in [1.82, 2.24) is 4.90 Å². The molecule has 21 heavy (non-hydrogen) atoms. The Morgan fingerprint density at radius 1 is 1.14 bits per heavy atom. The molecule has 4 nitrogen and oxygen atoms in total. The second-order valence-corrected chi connectivity index (χ2v) is 5.40. The van der Waals surface area contributed by atoms with Crippen LogP contribution in [-0.4, -0.2) is 35.0 Å². The summed E-state index contributed by atoms with van der Waals surface area (Å²) in [6.45, 7) is 3.49. The van der Waals surface area contributed by atoms with Gasteiger partial charge in [-0.25, -0.2) is 4.79 Å². The van der Waals surface area contributed by atoms with E-state index in [9.17, 15) is 9.59 Å². The summed E-state index contributed by atoms with van der Waals surface area (Å²) in [5.41, 5.74) is 2.28. The van der Waals surface area contributed by atoms with E-state index in [1.807, 2.05) is 24.0 Å². The van der Waals surface area contributed by atoms with Crippen LogP contribution in [0.3, 0.4) is 0 Å². The lowest BCUT2D eigenvalue weighted by Gasteiger charge is -2.21. The standard InChI is InChI=1S/C17H21NO3/c1-13-14(9-10-16(19)20)7-6-8-15(13)17(21)18-11-4-2-3-5-12-18/h6-10H,2-5,11-12H2,1H3,(H,19,20). The second kappa shape index (κ2) is 7.07. The van der Waals surface area contributed by atoms with E-state index in [0.29, 0.717) is 5.56 Å². The first-order valence-electron chi connectivity index (χ1n) is 7.39. The fourth-order valence-corrected chi connectivity index (χ4v) is 2.67. The number of rotatable bonds is 3. The lowest BCUT2D eigenvalue weighted by atomic mass is 10.0. The molecular weight excluding hydrogens is 266 g/mol. The normalized spacial score (nSPS) is 16.0. The second-order valence-electron chi connectivity index (χ2n) is 5.40. The van der Waals surface area contributed by atoms with Gasteiger partial charge >= 0.3 is 5.97 Å². The van der Waals surface area contributed by atoms with Gasteiger partial charge in [-0.15, -0.1) is 0 Å². The van der Waals surface area contributed by atoms with Gasteiger partial charge in [0.2, 0.25) is 0 Å². The van der Waals surface area contributed by atoms with Gasteiger partial charge in [-0.1, -0.05) is 25.0 Å². The van der Waals surface area contributed by atoms with E-state index in [1.54, 1.807) is 6.07 Å². The van der Waals surface area contributed by atoms with Gasteiger partial charge < -0.3 is 10.0 Å². The van der Waals surface area contributed by atoms with Gasteiger partial charge in [0.1, 0.15) is 0 Å². The van der Waals surface area contributed by atoms with Crippen molar-refractivity contribution in [2.24, 2.45) is 0 Å². The molecule has 1 fully saturated rings. The molecule has 1 amide bonds. The minimum Gasteiger partial charge on any atom is -0.478 e. The number of carbonyl (C=O) groups is 2. The van der Waals surface area contributed by atoms with Crippen molar-refractivity contribution in [3.63, 3.8) is 0 Å². The van der Waals surface area contributed by atoms with E-state index >= 15 is 0 Å². The minimum absolute atomic E-state index is 0.0555. The zero-order valence-electron chi connectivity index (χ0n) is 12.3. The van der Waals surface area contributed by atoms with Crippen LogP contribution in [0.5, 0.6) is 0 Å². The molecular formula is C17H21NO3. The molecule has 0 bridgehead atoms. The third kappa shape index (κ3) is 3.94. The first-order chi connectivity index (χ1) is 10.1. The number of nitrogens with zero attached hydrogens (tertiary/aromatic N) is 1. The van der Waals surface area contributed by atoms with Crippen molar-refractivity contribution in [2.45, 2.75) is 32.6 Å². The topological polar surface area (TPSA) is 57.6 Å². The van der Waals surface area contributed by atoms with E-state index in [0.717, 1.165) is 43.1 Å². The highest BCUT2D eigenvalue weighted by Gasteiger charge is 2.19. The molecule has 1 aliphatic rings. The summed E-state index contributed by atoms with van der Waals surface area (Å²) in [4.78, 5) is 25.2. The lowest BCUT2D eigenvalue weighted by Crippen LogP contribution is -2.32. The number of hydrogen-bond acceptors (Lipinski definition) is 2. The van der Waals surface area contributed by atoms with E-state index in [4.69, 9.17) is 5.11 Å². The SMILES string of the molecule is Cc1c(C=CC(=O)O)cccc1C(=O)N1CCCCCC1. The molecule has 0 atom stereocenters. The van der Waals surface area contributed by atoms with Crippen LogP contribution in [0.1, 0.15) is 47.2 Å². The molecule has 1 N–H and O–H groups in total. The van der Waals surface area contributed by atoms with Crippen LogP contribution in [0.4, 0.5) is 0 Å². The number of carboxylic acids is 1. The number of likely N-dealkylation sites (tertiary alicyclic amines) is 1. The first-order valence-corrected chi connectivity index (χ1v) is 7.39. The Kier molecular flexibility index (Phi) is 5.14. The molecule has 1 saturated heterocycles. The largest absolute Gasteiger partial charge is 0.478 e. The molecule has 1 aliphatic heterocycles. The van der Waals surface area contributed by atoms with E-state index in [2.05, 4.69) is 0 Å². The molecule has 0 radical (unpaired) electrons. The monoisotopic (exact) mass is 287 g/mol. The number of hydrogen-bond donors (Lipinski definition) is 1. The van der Waals surface area contributed by atoms with E-state index < -0.39 is 5.97 Å². The van der Waals surface area contributed by atoms with Crippen molar-refractivity contribution < 1.29 is 14.7 Å². The van der Waals surface area contributed by atoms with Gasteiger partial charge in [-0.05, 0) is 43.0 Å². The van der Waals surface area contributed by atoms with Crippen molar-refractivity contribution in [3.05, 3.63) is 41.0 Å². The Hall–Kier alpha value is -2.10. The van der Waals surface area contributed by atoms with Gasteiger partial charge in [-0.2, -0.15) is 0 Å². The molecule has 112 valence electrons. The Morgan fingerprint density at radius 2 is 1.81 bits per heavy atom. The maximum atomic E-state index is 12.6. The summed E-state index contributed by atoms with van der Waals surface area (Å²) >= 11 is 0. The highest BCUT2D eigenvalue weighted by molar-refractivity contribution is 5.97. The molecule has 2 rings (SSSR count). The maximum absolute atomic E-state index is 12.6. The van der Waals surface area contributed by atoms with Gasteiger partial charge in [0.25, 0.3) is 5.91 Å². The predicted molar refractivity (Wildman–Crippen MR) is 82.2 cm³/mol. The summed E-state index contributed by atoms with van der Waals surface area (Å²) in [5.74, 6) is -0.932. The summed E-state index contributed by atoms with van der Waals surface area (Å²) in [7, 11) is 0. The molecule has 1 aromatic rings. The average Bonchev–Trinajstić information content (AvgIpc) is 2.74. The smallest absolute Gasteiger partial charge is 0.328 e. The van der Waals surface area contributed by atoms with Crippen LogP contribution in [0.25, 0.3) is 6.08 Å². The number of aliphatic carboxylic acids is 1. The molecule has 1 heterocycles. The van der Waals surface area contributed by atoms with Crippen molar-refractivity contribution in [1.29, 1.82) is 0 Å². The van der Waals surface area contributed by atoms with Gasteiger partial charge in [0.05, 0.1) is 0 Å². The number of carbonyl (C=O) groups excluding carboxylic acids is 1. The zero-order valence-corrected chi connectivity index (χ0v) is 12.3. The fourth-order valence-electron chi connectivity index (χ4n) is 2.67. The number of amides is 1. The third-order valence-electron chi connectivity index (χ3n) is 3.90. The van der Waals surface area contributed by atoms with Crippen molar-refractivity contribution in [3.8, 4) is 0 Å². The molecule has 4 heteroatoms. The first kappa shape index (κ1) is 15.3. The van der Waals surface area contributed by atoms with Crippen LogP contribution >= 0.6 is 0 Å². The van der Waals surface area contributed by atoms with Crippen LogP contribution in [-0.2, 0) is 4.79 Å². The minimum atomic E-state index is -0.987. The van der Waals surface area contributed by atoms with E-state index in [1.165, 1.54) is 18.9 Å². The Morgan fingerprint density at radius 3 is 2.43 bits per heavy atom. The zero-order chi connectivity index (χ0) is 15.2. The van der Waals surface area contributed by atoms with Gasteiger partial charge in [-0.3, -0.25) is 4.79 Å². The molecule has 0 aromatic heterocycles. The summed E-state index contributed by atoms with van der Waals surface area (Å²) in [5, 5.41) is 8.72. The van der Waals surface area contributed by atoms with E-state index in [-0.39, 0.29) is 5.91 Å². The van der Waals surface area contributed by atoms with Gasteiger partial charge in [0.15, 0.2) is 0 Å². The fraction of sp³-hybridized carbons (Fsp3) is 0.412. The molecule has 0 unspecified atom stereocenters. The molecule has 0 aliphatic carbocycles. The van der Waals surface area contributed by atoms with Crippen molar-refractivity contribution >= 4 is 18.0 Å². The third-order valence-corrected chi connectivity index (χ3v) is 3.90. The average molecular weight is 287 g/mol. The molecule has 0 saturated carbocycles. The van der Waals surface area contributed by atoms with Crippen LogP contribution < -0.4 is 0 Å². The van der Waals surface area contributed by atoms with Crippen LogP contribution in [0.2, 0.25) is 0 Å². The molecule has 1 aromatic carbocycles. The Labute approximate surface area is 125 Å². The maximum Gasteiger partial charge on any atom is 0.328 e. The van der Waals surface area contributed by atoms with Crippen molar-refractivity contribution in [2.75, 3.05) is 13.1 Å². The molecule has 0 spiro atoms. The van der Waals surface area contributed by atoms with Crippen LogP contribution in [0.15, 0.2) is 24.3 Å². The quantitative estimate of drug-likeness (QED) is 0.869.